The summed E-state index contributed by atoms with van der Waals surface area (Å²) in [6.07, 6.45) is 0. The lowest BCUT2D eigenvalue weighted by molar-refractivity contribution is -0.118. The molecule has 64 valence electrons. The molecule has 0 radical (unpaired) electrons. The van der Waals surface area contributed by atoms with Crippen LogP contribution in [-0.2, 0) is 15.6 Å². The molecule has 0 aliphatic carbocycles. The Labute approximate surface area is 69.0 Å². The summed E-state index contributed by atoms with van der Waals surface area (Å²) in [6, 6.07) is 0. The van der Waals surface area contributed by atoms with Crippen molar-refractivity contribution in [3.8, 4) is 0 Å². The van der Waals surface area contributed by atoms with Crippen molar-refractivity contribution in [3.05, 3.63) is 0 Å². The smallest absolute Gasteiger partial charge is 0.232 e. The molecule has 2 atom stereocenters. The summed E-state index contributed by atoms with van der Waals surface area (Å²) in [7, 11) is -0.950. The van der Waals surface area contributed by atoms with Crippen molar-refractivity contribution in [2.24, 2.45) is 5.92 Å². The van der Waals surface area contributed by atoms with Gasteiger partial charge in [-0.3, -0.25) is 9.00 Å². The van der Waals surface area contributed by atoms with Crippen LogP contribution in [0.2, 0.25) is 0 Å². The van der Waals surface area contributed by atoms with E-state index in [9.17, 15) is 9.00 Å². The van der Waals surface area contributed by atoms with Gasteiger partial charge < -0.3 is 5.32 Å². The molecule has 1 saturated heterocycles. The summed E-state index contributed by atoms with van der Waals surface area (Å²) in [5.41, 5.74) is 0. The van der Waals surface area contributed by atoms with Gasteiger partial charge >= 0.3 is 0 Å². The second-order valence-electron chi connectivity index (χ2n) is 3.11. The molecule has 0 aromatic carbocycles. The molecule has 1 aliphatic rings. The largest absolute Gasteiger partial charge is 0.354 e. The number of hydrogen-bond acceptors (Lipinski definition) is 2. The van der Waals surface area contributed by atoms with Crippen molar-refractivity contribution in [3.63, 3.8) is 0 Å². The molecule has 0 saturated carbocycles. The molecule has 4 heteroatoms. The molecular weight excluding hydrogens is 162 g/mol. The number of carbonyl (C=O) groups is 1. The van der Waals surface area contributed by atoms with Gasteiger partial charge in [0.15, 0.2) is 0 Å². The third kappa shape index (κ3) is 2.02. The SMILES string of the molecule is CC(C)C1CNC(=O)CS1=O. The predicted octanol–water partition coefficient (Wildman–Crippen LogP) is -0.110. The van der Waals surface area contributed by atoms with Crippen molar-refractivity contribution in [1.29, 1.82) is 0 Å². The molecule has 0 aromatic rings. The Kier molecular flexibility index (Phi) is 2.65. The van der Waals surface area contributed by atoms with Crippen LogP contribution in [0.15, 0.2) is 0 Å². The van der Waals surface area contributed by atoms with Gasteiger partial charge in [0.25, 0.3) is 0 Å². The topological polar surface area (TPSA) is 46.2 Å². The van der Waals surface area contributed by atoms with E-state index in [1.165, 1.54) is 0 Å². The highest BCUT2D eigenvalue weighted by molar-refractivity contribution is 7.86. The van der Waals surface area contributed by atoms with Gasteiger partial charge in [-0.15, -0.1) is 0 Å². The van der Waals surface area contributed by atoms with Gasteiger partial charge in [-0.05, 0) is 5.92 Å². The van der Waals surface area contributed by atoms with Crippen molar-refractivity contribution in [1.82, 2.24) is 5.32 Å². The maximum absolute atomic E-state index is 11.3. The molecule has 0 bridgehead atoms. The molecule has 0 spiro atoms. The molecule has 1 fully saturated rings. The van der Waals surface area contributed by atoms with Crippen LogP contribution in [0.1, 0.15) is 13.8 Å². The Morgan fingerprint density at radius 1 is 1.64 bits per heavy atom. The maximum Gasteiger partial charge on any atom is 0.232 e. The second-order valence-corrected chi connectivity index (χ2v) is 4.77. The summed E-state index contributed by atoms with van der Waals surface area (Å²) < 4.78 is 11.3. The lowest BCUT2D eigenvalue weighted by Crippen LogP contribution is -2.46. The Bertz CT molecular complexity index is 191. The minimum atomic E-state index is -0.950. The highest BCUT2D eigenvalue weighted by Gasteiger charge is 2.27. The average Bonchev–Trinajstić information content (AvgIpc) is 1.85. The molecule has 1 N–H and O–H groups in total. The zero-order valence-corrected chi connectivity index (χ0v) is 7.61. The fourth-order valence-electron chi connectivity index (χ4n) is 1.13. The number of rotatable bonds is 1. The van der Waals surface area contributed by atoms with E-state index < -0.39 is 10.8 Å². The van der Waals surface area contributed by atoms with Gasteiger partial charge in [-0.25, -0.2) is 0 Å². The molecule has 1 heterocycles. The summed E-state index contributed by atoms with van der Waals surface area (Å²) in [5, 5.41) is 2.86. The van der Waals surface area contributed by atoms with Crippen molar-refractivity contribution >= 4 is 16.7 Å². The lowest BCUT2D eigenvalue weighted by Gasteiger charge is -2.24. The van der Waals surface area contributed by atoms with Gasteiger partial charge in [-0.1, -0.05) is 13.8 Å². The second kappa shape index (κ2) is 3.34. The molecule has 1 rings (SSSR count). The van der Waals surface area contributed by atoms with Crippen LogP contribution in [0.3, 0.4) is 0 Å². The Morgan fingerprint density at radius 3 is 2.73 bits per heavy atom. The summed E-state index contributed by atoms with van der Waals surface area (Å²) in [6.45, 7) is 4.63. The Morgan fingerprint density at radius 2 is 2.27 bits per heavy atom. The first-order chi connectivity index (χ1) is 5.11. The maximum atomic E-state index is 11.3. The first-order valence-electron chi connectivity index (χ1n) is 3.75. The standard InChI is InChI=1S/C7H13NO2S/c1-5(2)6-3-8-7(9)4-11(6)10/h5-6H,3-4H2,1-2H3,(H,8,9). The highest BCUT2D eigenvalue weighted by Crippen LogP contribution is 2.11. The van der Waals surface area contributed by atoms with Crippen LogP contribution >= 0.6 is 0 Å². The number of amides is 1. The minimum Gasteiger partial charge on any atom is -0.354 e. The van der Waals surface area contributed by atoms with Crippen LogP contribution in [-0.4, -0.2) is 27.7 Å². The molecule has 0 aromatic heterocycles. The van der Waals surface area contributed by atoms with E-state index in [-0.39, 0.29) is 16.9 Å². The zero-order valence-electron chi connectivity index (χ0n) is 6.79. The first-order valence-corrected chi connectivity index (χ1v) is 5.13. The van der Waals surface area contributed by atoms with Crippen LogP contribution < -0.4 is 5.32 Å². The van der Waals surface area contributed by atoms with E-state index in [0.29, 0.717) is 12.5 Å². The Hall–Kier alpha value is -0.380. The predicted molar refractivity (Wildman–Crippen MR) is 44.6 cm³/mol. The third-order valence-electron chi connectivity index (χ3n) is 1.86. The minimum absolute atomic E-state index is 0.0831. The first kappa shape index (κ1) is 8.71. The monoisotopic (exact) mass is 175 g/mol. The fourth-order valence-corrected chi connectivity index (χ4v) is 2.58. The van der Waals surface area contributed by atoms with Crippen LogP contribution in [0, 0.1) is 5.92 Å². The van der Waals surface area contributed by atoms with Gasteiger partial charge in [0, 0.05) is 17.3 Å². The normalized spacial score (nSPS) is 32.1. The van der Waals surface area contributed by atoms with Gasteiger partial charge in [0.05, 0.1) is 5.25 Å². The number of hydrogen-bond donors (Lipinski definition) is 1. The molecule has 11 heavy (non-hydrogen) atoms. The van der Waals surface area contributed by atoms with Crippen LogP contribution in [0.25, 0.3) is 0 Å². The van der Waals surface area contributed by atoms with E-state index in [1.807, 2.05) is 13.8 Å². The zero-order chi connectivity index (χ0) is 8.43. The molecule has 1 aliphatic heterocycles. The van der Waals surface area contributed by atoms with Gasteiger partial charge in [0.1, 0.15) is 5.75 Å². The number of nitrogens with one attached hydrogen (secondary N) is 1. The summed E-state index contributed by atoms with van der Waals surface area (Å²) in [5.74, 6) is 0.486. The molecule has 2 unspecified atom stereocenters. The van der Waals surface area contributed by atoms with Crippen LogP contribution in [0.4, 0.5) is 0 Å². The van der Waals surface area contributed by atoms with Gasteiger partial charge in [0.2, 0.25) is 5.91 Å². The van der Waals surface area contributed by atoms with Crippen molar-refractivity contribution in [2.75, 3.05) is 12.3 Å². The van der Waals surface area contributed by atoms with Crippen LogP contribution in [0.5, 0.6) is 0 Å². The molecule has 1 amide bonds. The summed E-state index contributed by atoms with van der Waals surface area (Å²) in [4.78, 5) is 10.7. The molecule has 3 nitrogen and oxygen atoms in total. The van der Waals surface area contributed by atoms with E-state index in [1.54, 1.807) is 0 Å². The summed E-state index contributed by atoms with van der Waals surface area (Å²) >= 11 is 0. The van der Waals surface area contributed by atoms with E-state index in [0.717, 1.165) is 0 Å². The fraction of sp³-hybridized carbons (Fsp3) is 0.857. The van der Waals surface area contributed by atoms with Crippen molar-refractivity contribution in [2.45, 2.75) is 19.1 Å². The van der Waals surface area contributed by atoms with Crippen molar-refractivity contribution < 1.29 is 9.00 Å². The number of carbonyl (C=O) groups excluding carboxylic acids is 1. The van der Waals surface area contributed by atoms with E-state index in [4.69, 9.17) is 0 Å². The molecular formula is C7H13NO2S. The highest BCUT2D eigenvalue weighted by atomic mass is 32.2. The Balaban J connectivity index is 2.57. The van der Waals surface area contributed by atoms with Gasteiger partial charge in [-0.2, -0.15) is 0 Å². The lowest BCUT2D eigenvalue weighted by atomic mass is 10.1. The average molecular weight is 175 g/mol. The van der Waals surface area contributed by atoms with E-state index in [2.05, 4.69) is 5.32 Å². The van der Waals surface area contributed by atoms with E-state index >= 15 is 0 Å². The third-order valence-corrected chi connectivity index (χ3v) is 3.79. The quantitative estimate of drug-likeness (QED) is 0.604.